The number of hydrogen-bond donors (Lipinski definition) is 3. The minimum atomic E-state index is -4.51. The van der Waals surface area contributed by atoms with Gasteiger partial charge in [0.05, 0.1) is 40.1 Å². The highest BCUT2D eigenvalue weighted by Gasteiger charge is 2.33. The van der Waals surface area contributed by atoms with Gasteiger partial charge in [-0.05, 0) is 68.1 Å². The summed E-state index contributed by atoms with van der Waals surface area (Å²) in [4.78, 5) is 13.6. The molecule has 0 amide bonds. The first-order valence-electron chi connectivity index (χ1n) is 9.53. The number of halogens is 3. The second-order valence-corrected chi connectivity index (χ2v) is 8.44. The Balaban J connectivity index is 1.92. The molecular weight excluding hydrogens is 433 g/mol. The molecule has 10 heteroatoms. The lowest BCUT2D eigenvalue weighted by Crippen LogP contribution is -2.42. The highest BCUT2D eigenvalue weighted by Crippen LogP contribution is 2.40. The molecule has 2 aromatic rings. The van der Waals surface area contributed by atoms with Crippen molar-refractivity contribution in [1.82, 2.24) is 0 Å². The van der Waals surface area contributed by atoms with Crippen LogP contribution in [0.15, 0.2) is 41.3 Å². The summed E-state index contributed by atoms with van der Waals surface area (Å²) in [5, 5.41) is 19.4. The number of piperidine rings is 1. The molecule has 1 aliphatic rings. The molecule has 0 unspecified atom stereocenters. The summed E-state index contributed by atoms with van der Waals surface area (Å²) in [7, 11) is 1.43. The second-order valence-electron chi connectivity index (χ2n) is 7.59. The summed E-state index contributed by atoms with van der Waals surface area (Å²) in [6.45, 7) is 2.74. The molecule has 0 aromatic heterocycles. The third-order valence-electron chi connectivity index (χ3n) is 5.19. The van der Waals surface area contributed by atoms with Crippen LogP contribution in [0.4, 0.5) is 24.5 Å². The van der Waals surface area contributed by atoms with Crippen LogP contribution in [0.5, 0.6) is 5.75 Å². The predicted octanol–water partition coefficient (Wildman–Crippen LogP) is 4.88. The summed E-state index contributed by atoms with van der Waals surface area (Å²) < 4.78 is 48.1. The Morgan fingerprint density at radius 1 is 1.19 bits per heavy atom. The summed E-state index contributed by atoms with van der Waals surface area (Å²) in [5.41, 5.74) is -0.745. The maximum atomic E-state index is 13.3. The zero-order valence-electron chi connectivity index (χ0n) is 17.0. The van der Waals surface area contributed by atoms with Gasteiger partial charge in [-0.15, -0.1) is 0 Å². The van der Waals surface area contributed by atoms with Crippen molar-refractivity contribution >= 4 is 29.3 Å². The molecule has 3 N–H and O–H groups in total. The molecule has 1 heterocycles. The maximum Gasteiger partial charge on any atom is 0.416 e. The third kappa shape index (κ3) is 5.56. The SMILES string of the molecule is COc1ccc(C(=O)O)cc1SNc1cc(C(F)(F)F)ccc1N1CCC(C)(O)CC1. The van der Waals surface area contributed by atoms with E-state index in [0.717, 1.165) is 24.1 Å². The average molecular weight is 456 g/mol. The standard InChI is InChI=1S/C21H23F3N2O4S/c1-20(29)7-9-26(10-8-20)16-5-4-14(21(22,23)24)12-15(16)25-31-18-11-13(19(27)28)3-6-17(18)30-2/h3-6,11-12,25,29H,7-10H2,1-2H3,(H,27,28). The van der Waals surface area contributed by atoms with Gasteiger partial charge in [0, 0.05) is 13.1 Å². The zero-order chi connectivity index (χ0) is 22.8. The van der Waals surface area contributed by atoms with Gasteiger partial charge < -0.3 is 24.6 Å². The van der Waals surface area contributed by atoms with Crippen LogP contribution in [0.1, 0.15) is 35.7 Å². The van der Waals surface area contributed by atoms with Crippen LogP contribution < -0.4 is 14.4 Å². The van der Waals surface area contributed by atoms with Gasteiger partial charge in [0.15, 0.2) is 0 Å². The van der Waals surface area contributed by atoms with Gasteiger partial charge in [-0.3, -0.25) is 0 Å². The Bertz CT molecular complexity index is 956. The van der Waals surface area contributed by atoms with Gasteiger partial charge >= 0.3 is 12.1 Å². The van der Waals surface area contributed by atoms with E-state index in [4.69, 9.17) is 4.74 Å². The van der Waals surface area contributed by atoms with E-state index in [2.05, 4.69) is 4.72 Å². The van der Waals surface area contributed by atoms with E-state index in [9.17, 15) is 28.2 Å². The first kappa shape index (κ1) is 23.1. The number of rotatable bonds is 6. The second kappa shape index (κ2) is 8.88. The number of methoxy groups -OCH3 is 1. The van der Waals surface area contributed by atoms with E-state index >= 15 is 0 Å². The smallest absolute Gasteiger partial charge is 0.416 e. The van der Waals surface area contributed by atoms with Crippen LogP contribution in [0.3, 0.4) is 0 Å². The number of aliphatic hydroxyl groups is 1. The first-order chi connectivity index (χ1) is 14.5. The normalized spacial score (nSPS) is 16.1. The molecule has 1 saturated heterocycles. The van der Waals surface area contributed by atoms with Crippen LogP contribution in [0.25, 0.3) is 0 Å². The van der Waals surface area contributed by atoms with Gasteiger partial charge in [0.25, 0.3) is 0 Å². The number of anilines is 2. The molecule has 0 spiro atoms. The molecule has 1 fully saturated rings. The Labute approximate surface area is 182 Å². The van der Waals surface area contributed by atoms with Crippen LogP contribution in [0.2, 0.25) is 0 Å². The maximum absolute atomic E-state index is 13.3. The minimum Gasteiger partial charge on any atom is -0.496 e. The molecule has 3 rings (SSSR count). The molecule has 0 aliphatic carbocycles. The van der Waals surface area contributed by atoms with E-state index in [1.54, 1.807) is 6.92 Å². The Morgan fingerprint density at radius 2 is 1.87 bits per heavy atom. The summed E-state index contributed by atoms with van der Waals surface area (Å²) in [5.74, 6) is -0.727. The molecule has 2 aromatic carbocycles. The Kier molecular flexibility index (Phi) is 6.61. The fourth-order valence-electron chi connectivity index (χ4n) is 3.30. The highest BCUT2D eigenvalue weighted by atomic mass is 32.2. The molecule has 168 valence electrons. The topological polar surface area (TPSA) is 82.0 Å². The number of alkyl halides is 3. The quantitative estimate of drug-likeness (QED) is 0.535. The predicted molar refractivity (Wildman–Crippen MR) is 113 cm³/mol. The number of nitrogens with one attached hydrogen (secondary N) is 1. The van der Waals surface area contributed by atoms with Crippen LogP contribution >= 0.6 is 11.9 Å². The minimum absolute atomic E-state index is 0.0348. The van der Waals surface area contributed by atoms with Crippen molar-refractivity contribution in [2.45, 2.75) is 36.4 Å². The lowest BCUT2D eigenvalue weighted by molar-refractivity contribution is -0.137. The number of hydrogen-bond acceptors (Lipinski definition) is 6. The Hall–Kier alpha value is -2.59. The van der Waals surface area contributed by atoms with Crippen molar-refractivity contribution in [2.24, 2.45) is 0 Å². The van der Waals surface area contributed by atoms with E-state index in [1.165, 1.54) is 31.4 Å². The molecule has 0 atom stereocenters. The molecule has 0 saturated carbocycles. The largest absolute Gasteiger partial charge is 0.496 e. The number of benzene rings is 2. The molecular formula is C21H23F3N2O4S. The average Bonchev–Trinajstić information content (AvgIpc) is 2.71. The number of nitrogens with zero attached hydrogens (tertiary/aromatic N) is 1. The van der Waals surface area contributed by atoms with Crippen molar-refractivity contribution in [2.75, 3.05) is 29.8 Å². The lowest BCUT2D eigenvalue weighted by atomic mass is 9.93. The zero-order valence-corrected chi connectivity index (χ0v) is 17.8. The van der Waals surface area contributed by atoms with E-state index in [-0.39, 0.29) is 11.3 Å². The fourth-order valence-corrected chi connectivity index (χ4v) is 4.12. The van der Waals surface area contributed by atoms with Gasteiger partial charge in [-0.1, -0.05) is 0 Å². The van der Waals surface area contributed by atoms with Crippen molar-refractivity contribution in [3.8, 4) is 5.75 Å². The van der Waals surface area contributed by atoms with Crippen LogP contribution in [-0.2, 0) is 6.18 Å². The van der Waals surface area contributed by atoms with Crippen molar-refractivity contribution in [1.29, 1.82) is 0 Å². The number of carbonyl (C=O) groups is 1. The van der Waals surface area contributed by atoms with Crippen LogP contribution in [0, 0.1) is 0 Å². The van der Waals surface area contributed by atoms with E-state index in [1.807, 2.05) is 4.90 Å². The number of carboxylic acids is 1. The number of carboxylic acid groups (broad SMARTS) is 1. The van der Waals surface area contributed by atoms with Gasteiger partial charge in [0.2, 0.25) is 0 Å². The lowest BCUT2D eigenvalue weighted by Gasteiger charge is -2.38. The van der Waals surface area contributed by atoms with Crippen molar-refractivity contribution < 1.29 is 32.9 Å². The highest BCUT2D eigenvalue weighted by molar-refractivity contribution is 8.00. The number of ether oxygens (including phenoxy) is 1. The molecule has 0 bridgehead atoms. The molecule has 0 radical (unpaired) electrons. The van der Waals surface area contributed by atoms with Crippen LogP contribution in [-0.4, -0.2) is 42.0 Å². The van der Waals surface area contributed by atoms with Gasteiger partial charge in [-0.25, -0.2) is 4.79 Å². The fraction of sp³-hybridized carbons (Fsp3) is 0.381. The molecule has 1 aliphatic heterocycles. The summed E-state index contributed by atoms with van der Waals surface area (Å²) in [6, 6.07) is 7.75. The van der Waals surface area contributed by atoms with Gasteiger partial charge in [0.1, 0.15) is 5.75 Å². The van der Waals surface area contributed by atoms with Crippen molar-refractivity contribution in [3.05, 3.63) is 47.5 Å². The van der Waals surface area contributed by atoms with Gasteiger partial charge in [-0.2, -0.15) is 13.2 Å². The Morgan fingerprint density at radius 3 is 2.45 bits per heavy atom. The summed E-state index contributed by atoms with van der Waals surface area (Å²) in [6.07, 6.45) is -3.52. The van der Waals surface area contributed by atoms with E-state index < -0.39 is 23.3 Å². The third-order valence-corrected chi connectivity index (χ3v) is 6.05. The number of aromatic carboxylic acids is 1. The molecule has 6 nitrogen and oxygen atoms in total. The summed E-state index contributed by atoms with van der Waals surface area (Å²) >= 11 is 0.972. The monoisotopic (exact) mass is 456 g/mol. The van der Waals surface area contributed by atoms with E-state index in [0.29, 0.717) is 42.3 Å². The molecule has 31 heavy (non-hydrogen) atoms. The first-order valence-corrected chi connectivity index (χ1v) is 10.3. The van der Waals surface area contributed by atoms with Crippen molar-refractivity contribution in [3.63, 3.8) is 0 Å².